The molecule has 4 nitrogen and oxygen atoms in total. The molecule has 4 rings (SSSR count). The molecule has 4 fully saturated rings. The monoisotopic (exact) mass is 361 g/mol. The summed E-state index contributed by atoms with van der Waals surface area (Å²) in [7, 11) is 2.18. The van der Waals surface area contributed by atoms with Gasteiger partial charge in [-0.15, -0.1) is 0 Å². The van der Waals surface area contributed by atoms with E-state index in [0.29, 0.717) is 17.2 Å². The molecule has 4 heteroatoms. The Bertz CT molecular complexity index is 482. The second-order valence-electron chi connectivity index (χ2n) is 9.93. The van der Waals surface area contributed by atoms with Gasteiger partial charge < -0.3 is 14.7 Å². The predicted octanol–water partition coefficient (Wildman–Crippen LogP) is 3.22. The second-order valence-corrected chi connectivity index (χ2v) is 9.93. The highest BCUT2D eigenvalue weighted by molar-refractivity contribution is 5.79. The molecule has 1 atom stereocenters. The number of carbonyl (C=O) groups is 1. The lowest BCUT2D eigenvalue weighted by atomic mass is 9.78. The van der Waals surface area contributed by atoms with E-state index in [-0.39, 0.29) is 0 Å². The van der Waals surface area contributed by atoms with Gasteiger partial charge in [0.05, 0.1) is 0 Å². The molecule has 4 aliphatic rings. The van der Waals surface area contributed by atoms with E-state index in [9.17, 15) is 4.79 Å². The third-order valence-corrected chi connectivity index (χ3v) is 7.80. The molecule has 1 spiro atoms. The summed E-state index contributed by atoms with van der Waals surface area (Å²) in [6.07, 6.45) is 13.3. The van der Waals surface area contributed by atoms with Crippen LogP contribution in [0, 0.1) is 17.3 Å². The Balaban J connectivity index is 1.30. The van der Waals surface area contributed by atoms with Gasteiger partial charge in [0.2, 0.25) is 5.91 Å². The third-order valence-electron chi connectivity index (χ3n) is 7.80. The molecule has 0 aromatic rings. The smallest absolute Gasteiger partial charge is 0.225 e. The van der Waals surface area contributed by atoms with Crippen molar-refractivity contribution in [3.63, 3.8) is 0 Å². The van der Waals surface area contributed by atoms with Crippen LogP contribution >= 0.6 is 0 Å². The zero-order valence-electron chi connectivity index (χ0n) is 16.9. The molecule has 148 valence electrons. The Morgan fingerprint density at radius 1 is 0.885 bits per heavy atom. The normalized spacial score (nSPS) is 33.2. The SMILES string of the molecule is CN1CCC(C(=O)N2CCC3(CCCN(CC4CCCCC4)C3)C2)CC1. The predicted molar refractivity (Wildman–Crippen MR) is 106 cm³/mol. The molecule has 26 heavy (non-hydrogen) atoms. The van der Waals surface area contributed by atoms with Gasteiger partial charge in [-0.2, -0.15) is 0 Å². The van der Waals surface area contributed by atoms with Gasteiger partial charge >= 0.3 is 0 Å². The fraction of sp³-hybridized carbons (Fsp3) is 0.955. The van der Waals surface area contributed by atoms with E-state index in [1.165, 1.54) is 71.0 Å². The second kappa shape index (κ2) is 8.18. The van der Waals surface area contributed by atoms with Crippen LogP contribution in [0.25, 0.3) is 0 Å². The highest BCUT2D eigenvalue weighted by Crippen LogP contribution is 2.40. The zero-order valence-corrected chi connectivity index (χ0v) is 16.9. The molecule has 1 amide bonds. The van der Waals surface area contributed by atoms with E-state index >= 15 is 0 Å². The summed E-state index contributed by atoms with van der Waals surface area (Å²) >= 11 is 0. The van der Waals surface area contributed by atoms with Gasteiger partial charge in [-0.3, -0.25) is 4.79 Å². The number of hydrogen-bond donors (Lipinski definition) is 0. The molecule has 0 bridgehead atoms. The summed E-state index contributed by atoms with van der Waals surface area (Å²) in [5.74, 6) is 1.71. The largest absolute Gasteiger partial charge is 0.342 e. The fourth-order valence-electron chi connectivity index (χ4n) is 6.17. The average molecular weight is 362 g/mol. The van der Waals surface area contributed by atoms with Crippen LogP contribution in [0.3, 0.4) is 0 Å². The van der Waals surface area contributed by atoms with Gasteiger partial charge in [-0.1, -0.05) is 19.3 Å². The van der Waals surface area contributed by atoms with E-state index < -0.39 is 0 Å². The molecule has 1 saturated carbocycles. The number of hydrogen-bond acceptors (Lipinski definition) is 3. The topological polar surface area (TPSA) is 26.8 Å². The molecule has 1 unspecified atom stereocenters. The van der Waals surface area contributed by atoms with Gasteiger partial charge in [-0.25, -0.2) is 0 Å². The Hall–Kier alpha value is -0.610. The molecule has 0 radical (unpaired) electrons. The van der Waals surface area contributed by atoms with Gasteiger partial charge in [0.15, 0.2) is 0 Å². The van der Waals surface area contributed by atoms with Crippen LogP contribution in [0.1, 0.15) is 64.2 Å². The maximum absolute atomic E-state index is 13.0. The van der Waals surface area contributed by atoms with Crippen molar-refractivity contribution < 1.29 is 4.79 Å². The minimum Gasteiger partial charge on any atom is -0.342 e. The first kappa shape index (κ1) is 18.7. The van der Waals surface area contributed by atoms with Crippen molar-refractivity contribution >= 4 is 5.91 Å². The first-order valence-corrected chi connectivity index (χ1v) is 11.3. The first-order chi connectivity index (χ1) is 12.6. The van der Waals surface area contributed by atoms with Crippen LogP contribution in [0.5, 0.6) is 0 Å². The molecule has 3 heterocycles. The molecule has 3 aliphatic heterocycles. The van der Waals surface area contributed by atoms with E-state index in [1.54, 1.807) is 0 Å². The van der Waals surface area contributed by atoms with Crippen molar-refractivity contribution in [3.05, 3.63) is 0 Å². The van der Waals surface area contributed by atoms with Crippen molar-refractivity contribution in [1.82, 2.24) is 14.7 Å². The average Bonchev–Trinajstić information content (AvgIpc) is 3.06. The lowest BCUT2D eigenvalue weighted by Gasteiger charge is -2.42. The first-order valence-electron chi connectivity index (χ1n) is 11.3. The Morgan fingerprint density at radius 2 is 1.65 bits per heavy atom. The standard InChI is InChI=1S/C22H39N3O/c1-23-13-8-20(9-14-23)21(26)25-15-11-22(18-25)10-5-12-24(17-22)16-19-6-3-2-4-7-19/h19-20H,2-18H2,1H3. The van der Waals surface area contributed by atoms with Crippen LogP contribution in [-0.2, 0) is 4.79 Å². The van der Waals surface area contributed by atoms with Crippen molar-refractivity contribution in [1.29, 1.82) is 0 Å². The van der Waals surface area contributed by atoms with Crippen LogP contribution in [0.4, 0.5) is 0 Å². The van der Waals surface area contributed by atoms with Crippen LogP contribution < -0.4 is 0 Å². The maximum Gasteiger partial charge on any atom is 0.225 e. The Morgan fingerprint density at radius 3 is 2.42 bits per heavy atom. The Labute approximate surface area is 160 Å². The van der Waals surface area contributed by atoms with E-state index in [0.717, 1.165) is 44.9 Å². The lowest BCUT2D eigenvalue weighted by Crippen LogP contribution is -2.47. The van der Waals surface area contributed by atoms with Crippen LogP contribution in [0.15, 0.2) is 0 Å². The molecular weight excluding hydrogens is 322 g/mol. The highest BCUT2D eigenvalue weighted by atomic mass is 16.2. The molecule has 3 saturated heterocycles. The van der Waals surface area contributed by atoms with Crippen molar-refractivity contribution in [3.8, 4) is 0 Å². The number of nitrogens with zero attached hydrogens (tertiary/aromatic N) is 3. The Kier molecular flexibility index (Phi) is 5.90. The van der Waals surface area contributed by atoms with Crippen molar-refractivity contribution in [2.45, 2.75) is 64.2 Å². The summed E-state index contributed by atoms with van der Waals surface area (Å²) in [6, 6.07) is 0. The van der Waals surface area contributed by atoms with E-state index in [2.05, 4.69) is 21.7 Å². The minimum atomic E-state index is 0.295. The molecular formula is C22H39N3O. The summed E-state index contributed by atoms with van der Waals surface area (Å²) in [5.41, 5.74) is 0.411. The number of likely N-dealkylation sites (tertiary alicyclic amines) is 3. The highest BCUT2D eigenvalue weighted by Gasteiger charge is 2.44. The fourth-order valence-corrected chi connectivity index (χ4v) is 6.17. The number of rotatable bonds is 3. The third kappa shape index (κ3) is 4.27. The maximum atomic E-state index is 13.0. The van der Waals surface area contributed by atoms with E-state index in [1.807, 2.05) is 0 Å². The van der Waals surface area contributed by atoms with Gasteiger partial charge in [-0.05, 0) is 77.5 Å². The number of amides is 1. The van der Waals surface area contributed by atoms with Crippen molar-refractivity contribution in [2.24, 2.45) is 17.3 Å². The van der Waals surface area contributed by atoms with Crippen LogP contribution in [-0.4, -0.2) is 73.5 Å². The minimum absolute atomic E-state index is 0.295. The summed E-state index contributed by atoms with van der Waals surface area (Å²) in [5, 5.41) is 0. The number of piperidine rings is 2. The quantitative estimate of drug-likeness (QED) is 0.772. The van der Waals surface area contributed by atoms with Crippen LogP contribution in [0.2, 0.25) is 0 Å². The van der Waals surface area contributed by atoms with Gasteiger partial charge in [0, 0.05) is 37.5 Å². The summed E-state index contributed by atoms with van der Waals surface area (Å²) < 4.78 is 0. The molecule has 1 aliphatic carbocycles. The summed E-state index contributed by atoms with van der Waals surface area (Å²) in [6.45, 7) is 8.10. The lowest BCUT2D eigenvalue weighted by molar-refractivity contribution is -0.136. The van der Waals surface area contributed by atoms with Crippen molar-refractivity contribution in [2.75, 3.05) is 52.9 Å². The van der Waals surface area contributed by atoms with E-state index in [4.69, 9.17) is 0 Å². The summed E-state index contributed by atoms with van der Waals surface area (Å²) in [4.78, 5) is 20.4. The molecule has 0 aromatic heterocycles. The van der Waals surface area contributed by atoms with Gasteiger partial charge in [0.25, 0.3) is 0 Å². The van der Waals surface area contributed by atoms with Gasteiger partial charge in [0.1, 0.15) is 0 Å². The number of carbonyl (C=O) groups excluding carboxylic acids is 1. The zero-order chi connectivity index (χ0) is 18.0. The molecule has 0 aromatic carbocycles. The molecule has 0 N–H and O–H groups in total.